The molecule has 2 aromatic heterocycles. The molecule has 0 spiro atoms. The number of benzene rings is 10. The molecule has 1 atom stereocenters. The van der Waals surface area contributed by atoms with Crippen molar-refractivity contribution in [2.24, 2.45) is 0 Å². The van der Waals surface area contributed by atoms with E-state index in [1.807, 2.05) is 6.08 Å². The van der Waals surface area contributed by atoms with E-state index < -0.39 is 0 Å². The van der Waals surface area contributed by atoms with Gasteiger partial charge in [-0.25, -0.2) is 0 Å². The van der Waals surface area contributed by atoms with Crippen molar-refractivity contribution in [2.45, 2.75) is 72.1 Å². The topological polar surface area (TPSA) is 18.1 Å². The summed E-state index contributed by atoms with van der Waals surface area (Å²) in [6.07, 6.45) is 21.5. The van der Waals surface area contributed by atoms with Crippen LogP contribution in [0, 0.1) is 26.2 Å². The predicted molar refractivity (Wildman–Crippen MR) is 370 cm³/mol. The van der Waals surface area contributed by atoms with Gasteiger partial charge in [0.2, 0.25) is 0 Å². The molecule has 1 aliphatic carbocycles. The highest BCUT2D eigenvalue weighted by atomic mass is 32.1. The Hall–Kier alpha value is -9.33. The SMILES string of the molecule is C#C/C=C\c1c(C)c2ccccc2n1-c1ccc(-c2ccc3oc4ccc(C(C)(C)c5cccc(-c6cccc(-c7cccc(-c8cccc(-c9cccc(C%10=CCCC=C%10)c9)c8)c7)c6)c5)cc4c3c2)cc1.CCC(C)c1ccccc1C.CS. The van der Waals surface area contributed by atoms with Gasteiger partial charge in [0.25, 0.3) is 0 Å². The highest BCUT2D eigenvalue weighted by molar-refractivity contribution is 7.79. The van der Waals surface area contributed by atoms with Crippen molar-refractivity contribution in [1.29, 1.82) is 0 Å². The summed E-state index contributed by atoms with van der Waals surface area (Å²) in [6.45, 7) is 13.5. The number of furan rings is 1. The number of hydrogen-bond acceptors (Lipinski definition) is 2. The molecule has 0 amide bonds. The third kappa shape index (κ3) is 12.1. The number of allylic oxidation sites excluding steroid dienone is 5. The number of fused-ring (bicyclic) bond motifs is 4. The van der Waals surface area contributed by atoms with Gasteiger partial charge in [-0.2, -0.15) is 12.6 Å². The van der Waals surface area contributed by atoms with Gasteiger partial charge in [0, 0.05) is 27.3 Å². The molecule has 2 heterocycles. The Labute approximate surface area is 509 Å². The summed E-state index contributed by atoms with van der Waals surface area (Å²) in [4.78, 5) is 0. The summed E-state index contributed by atoms with van der Waals surface area (Å²) in [6, 6.07) is 84.0. The summed E-state index contributed by atoms with van der Waals surface area (Å²) in [5, 5.41) is 3.44. The van der Waals surface area contributed by atoms with Gasteiger partial charge in [-0.15, -0.1) is 6.42 Å². The van der Waals surface area contributed by atoms with E-state index in [4.69, 9.17) is 10.8 Å². The molecule has 13 rings (SSSR count). The van der Waals surface area contributed by atoms with Crippen LogP contribution in [-0.4, -0.2) is 10.8 Å². The molecule has 418 valence electrons. The summed E-state index contributed by atoms with van der Waals surface area (Å²) in [7, 11) is 0. The predicted octanol–water partition coefficient (Wildman–Crippen LogP) is 22.9. The van der Waals surface area contributed by atoms with E-state index in [1.54, 1.807) is 12.3 Å². The van der Waals surface area contributed by atoms with Crippen molar-refractivity contribution < 1.29 is 4.42 Å². The average Bonchev–Trinajstić information content (AvgIpc) is 2.83. The number of para-hydroxylation sites is 1. The molecule has 3 heteroatoms. The molecule has 0 fully saturated rings. The largest absolute Gasteiger partial charge is 0.456 e. The van der Waals surface area contributed by atoms with Crippen molar-refractivity contribution in [3.8, 4) is 73.7 Å². The normalized spacial score (nSPS) is 12.6. The minimum absolute atomic E-state index is 0.289. The summed E-state index contributed by atoms with van der Waals surface area (Å²) in [5.41, 5.74) is 25.9. The lowest BCUT2D eigenvalue weighted by atomic mass is 9.77. The minimum Gasteiger partial charge on any atom is -0.456 e. The van der Waals surface area contributed by atoms with Crippen LogP contribution in [0.15, 0.2) is 259 Å². The Balaban J connectivity index is 0.000000518. The van der Waals surface area contributed by atoms with Crippen LogP contribution in [0.25, 0.3) is 106 Å². The van der Waals surface area contributed by atoms with Crippen LogP contribution in [-0.2, 0) is 5.41 Å². The van der Waals surface area contributed by atoms with E-state index in [9.17, 15) is 0 Å². The zero-order chi connectivity index (χ0) is 59.0. The first-order valence-electron chi connectivity index (χ1n) is 29.7. The van der Waals surface area contributed by atoms with Gasteiger partial charge in [-0.1, -0.05) is 216 Å². The molecule has 0 saturated carbocycles. The molecule has 12 aromatic rings. The maximum atomic E-state index is 6.46. The lowest BCUT2D eigenvalue weighted by Gasteiger charge is -2.27. The Morgan fingerprint density at radius 2 is 1.04 bits per heavy atom. The monoisotopic (exact) mass is 1120 g/mol. The molecular formula is C82H73NOS. The summed E-state index contributed by atoms with van der Waals surface area (Å²) in [5.74, 6) is 3.37. The molecule has 85 heavy (non-hydrogen) atoms. The van der Waals surface area contributed by atoms with Crippen LogP contribution < -0.4 is 0 Å². The maximum Gasteiger partial charge on any atom is 0.135 e. The van der Waals surface area contributed by atoms with Gasteiger partial charge in [0.05, 0.1) is 11.2 Å². The van der Waals surface area contributed by atoms with E-state index in [1.165, 1.54) is 95.3 Å². The average molecular weight is 1120 g/mol. The van der Waals surface area contributed by atoms with E-state index in [-0.39, 0.29) is 5.41 Å². The fourth-order valence-corrected chi connectivity index (χ4v) is 12.1. The maximum absolute atomic E-state index is 6.46. The van der Waals surface area contributed by atoms with Crippen molar-refractivity contribution in [2.75, 3.05) is 6.26 Å². The van der Waals surface area contributed by atoms with Gasteiger partial charge in [-0.3, -0.25) is 0 Å². The summed E-state index contributed by atoms with van der Waals surface area (Å²) >= 11 is 3.53. The van der Waals surface area contributed by atoms with Crippen LogP contribution in [0.4, 0.5) is 0 Å². The number of aromatic nitrogens is 1. The number of hydrogen-bond donors (Lipinski definition) is 1. The summed E-state index contributed by atoms with van der Waals surface area (Å²) < 4.78 is 8.75. The van der Waals surface area contributed by atoms with Crippen LogP contribution in [0.5, 0.6) is 0 Å². The molecular weight excluding hydrogens is 1050 g/mol. The molecule has 1 aliphatic rings. The van der Waals surface area contributed by atoms with Crippen LogP contribution in [0.1, 0.15) is 91.9 Å². The smallest absolute Gasteiger partial charge is 0.135 e. The van der Waals surface area contributed by atoms with E-state index in [0.29, 0.717) is 5.92 Å². The number of terminal acetylenes is 1. The van der Waals surface area contributed by atoms with Gasteiger partial charge >= 0.3 is 0 Å². The molecule has 0 aliphatic heterocycles. The van der Waals surface area contributed by atoms with Crippen LogP contribution in [0.3, 0.4) is 0 Å². The highest BCUT2D eigenvalue weighted by Crippen LogP contribution is 2.41. The van der Waals surface area contributed by atoms with Crippen molar-refractivity contribution in [1.82, 2.24) is 4.57 Å². The number of nitrogens with zero attached hydrogens (tertiary/aromatic N) is 1. The second kappa shape index (κ2) is 25.7. The second-order valence-corrected chi connectivity index (χ2v) is 22.8. The Morgan fingerprint density at radius 3 is 1.62 bits per heavy atom. The standard InChI is InChI=1S/C70H53NO.C11H16.CH4S/c1-5-6-30-66-47(2)63-29-10-11-31-67(63)71(66)62-36-32-49(33-37-62)59-34-38-68-64(45-59)65-46-61(35-39-69(65)72-68)70(3,4)60-28-16-27-58(44-60)57-26-15-25-56(43-57)55-24-14-23-54(42-55)53-22-13-21-52(41-53)51-20-12-19-50(40-51)48-17-8-7-9-18-48;1-4-9(2)11-8-6-5-7-10(11)3;1-2/h1,6,8,10-46H,7,9H2,2-4H3;5-9H,4H2,1-3H3;2H,1H3/b30-6-;;. The molecule has 0 N–H and O–H groups in total. The first kappa shape index (κ1) is 57.5. The Kier molecular flexibility index (Phi) is 17.4. The van der Waals surface area contributed by atoms with E-state index >= 15 is 0 Å². The third-order valence-corrected chi connectivity index (χ3v) is 17.2. The number of aryl methyl sites for hydroxylation is 2. The van der Waals surface area contributed by atoms with Crippen LogP contribution in [0.2, 0.25) is 0 Å². The van der Waals surface area contributed by atoms with Gasteiger partial charge in [0.15, 0.2) is 0 Å². The Bertz CT molecular complexity index is 4510. The fourth-order valence-electron chi connectivity index (χ4n) is 12.1. The molecule has 0 bridgehead atoms. The molecule has 2 nitrogen and oxygen atoms in total. The zero-order valence-corrected chi connectivity index (χ0v) is 50.8. The van der Waals surface area contributed by atoms with Gasteiger partial charge < -0.3 is 8.98 Å². The van der Waals surface area contributed by atoms with Gasteiger partial charge in [0.1, 0.15) is 11.2 Å². The van der Waals surface area contributed by atoms with Crippen molar-refractivity contribution in [3.05, 3.63) is 294 Å². The lowest BCUT2D eigenvalue weighted by molar-refractivity contribution is 0.639. The van der Waals surface area contributed by atoms with Crippen molar-refractivity contribution >= 4 is 57.1 Å². The van der Waals surface area contributed by atoms with Gasteiger partial charge in [-0.05, 0) is 219 Å². The van der Waals surface area contributed by atoms with Crippen LogP contribution >= 0.6 is 12.6 Å². The number of rotatable bonds is 12. The number of thiol groups is 1. The Morgan fingerprint density at radius 1 is 0.529 bits per heavy atom. The van der Waals surface area contributed by atoms with E-state index in [2.05, 4.69) is 313 Å². The molecule has 1 unspecified atom stereocenters. The molecule has 0 saturated heterocycles. The lowest BCUT2D eigenvalue weighted by Crippen LogP contribution is -2.18. The first-order valence-corrected chi connectivity index (χ1v) is 30.6. The molecule has 0 radical (unpaired) electrons. The quantitative estimate of drug-likeness (QED) is 0.0954. The van der Waals surface area contributed by atoms with Crippen molar-refractivity contribution in [3.63, 3.8) is 0 Å². The minimum atomic E-state index is -0.289. The first-order chi connectivity index (χ1) is 41.5. The third-order valence-electron chi connectivity index (χ3n) is 17.2. The fraction of sp³-hybridized carbons (Fsp3) is 0.146. The highest BCUT2D eigenvalue weighted by Gasteiger charge is 2.25. The second-order valence-electron chi connectivity index (χ2n) is 22.8. The molecule has 10 aromatic carbocycles. The van der Waals surface area contributed by atoms with E-state index in [0.717, 1.165) is 62.8 Å². The zero-order valence-electron chi connectivity index (χ0n) is 49.9.